The van der Waals surface area contributed by atoms with E-state index < -0.39 is 17.4 Å². The molecule has 4 heterocycles. The van der Waals surface area contributed by atoms with E-state index >= 15 is 0 Å². The molecule has 3 atom stereocenters. The predicted molar refractivity (Wildman–Crippen MR) is 182 cm³/mol. The summed E-state index contributed by atoms with van der Waals surface area (Å²) in [5.41, 5.74) is 1.68. The van der Waals surface area contributed by atoms with Gasteiger partial charge in [0, 0.05) is 83.0 Å². The molecular formula is C34H33Cl2IN4O4. The molecule has 234 valence electrons. The van der Waals surface area contributed by atoms with Gasteiger partial charge in [-0.2, -0.15) is 0 Å². The number of nitrogens with zero attached hydrogens (tertiary/aromatic N) is 3. The molecule has 3 aromatic carbocycles. The van der Waals surface area contributed by atoms with Gasteiger partial charge in [0.15, 0.2) is 0 Å². The summed E-state index contributed by atoms with van der Waals surface area (Å²) in [6.07, 6.45) is 3.37. The molecule has 4 aliphatic rings. The van der Waals surface area contributed by atoms with Crippen LogP contribution in [0.3, 0.4) is 0 Å². The number of anilines is 1. The summed E-state index contributed by atoms with van der Waals surface area (Å²) in [5, 5.41) is 3.64. The predicted octanol–water partition coefficient (Wildman–Crippen LogP) is 7.10. The first-order valence-corrected chi connectivity index (χ1v) is 17.2. The number of benzene rings is 3. The Kier molecular flexibility index (Phi) is 8.37. The van der Waals surface area contributed by atoms with Crippen LogP contribution in [0.1, 0.15) is 60.8 Å². The van der Waals surface area contributed by atoms with Gasteiger partial charge in [0.05, 0.1) is 6.04 Å². The van der Waals surface area contributed by atoms with Crippen molar-refractivity contribution in [2.24, 2.45) is 0 Å². The lowest BCUT2D eigenvalue weighted by atomic mass is 9.59. The van der Waals surface area contributed by atoms with Crippen LogP contribution in [0, 0.1) is 3.57 Å². The van der Waals surface area contributed by atoms with E-state index in [2.05, 4.69) is 27.9 Å². The fourth-order valence-corrected chi connectivity index (χ4v) is 8.66. The Morgan fingerprint density at radius 2 is 1.67 bits per heavy atom. The number of carbonyl (C=O) groups excluding carboxylic acids is 3. The molecule has 0 aromatic heterocycles. The number of nitrogens with one attached hydrogen (secondary N) is 1. The van der Waals surface area contributed by atoms with E-state index in [1.807, 2.05) is 70.5 Å². The third kappa shape index (κ3) is 5.34. The Hall–Kier alpha value is -3.02. The van der Waals surface area contributed by atoms with Crippen LogP contribution in [-0.4, -0.2) is 64.3 Å². The molecule has 0 aliphatic carbocycles. The highest BCUT2D eigenvalue weighted by Gasteiger charge is 2.64. The van der Waals surface area contributed by atoms with Crippen molar-refractivity contribution in [2.45, 2.75) is 55.6 Å². The van der Waals surface area contributed by atoms with Crippen LogP contribution in [0.2, 0.25) is 5.02 Å². The van der Waals surface area contributed by atoms with E-state index in [0.717, 1.165) is 40.6 Å². The van der Waals surface area contributed by atoms with Crippen molar-refractivity contribution in [1.82, 2.24) is 14.2 Å². The number of hydrogen-bond donors (Lipinski definition) is 1. The molecule has 0 bridgehead atoms. The maximum absolute atomic E-state index is 14.5. The third-order valence-electron chi connectivity index (χ3n) is 9.72. The summed E-state index contributed by atoms with van der Waals surface area (Å²) < 4.78 is 8.84. The van der Waals surface area contributed by atoms with Crippen molar-refractivity contribution >= 4 is 69.5 Å². The van der Waals surface area contributed by atoms with Gasteiger partial charge in [-0.15, -0.1) is 0 Å². The second-order valence-corrected chi connectivity index (χ2v) is 14.3. The van der Waals surface area contributed by atoms with Crippen LogP contribution < -0.4 is 10.1 Å². The van der Waals surface area contributed by atoms with Gasteiger partial charge in [-0.3, -0.25) is 9.59 Å². The lowest BCUT2D eigenvalue weighted by Crippen LogP contribution is -2.56. The molecule has 4 aliphatic heterocycles. The summed E-state index contributed by atoms with van der Waals surface area (Å²) in [7, 11) is 0. The standard InChI is InChI=1S/C34H33Cl2IN4O4/c35-22-7-5-6-21(18-22)27-20-30(42)41(36)31(34(27)26-8-1-2-9-28(26)38-32(34)43)25-19-23(37)10-11-29(25)45-24-12-16-40(17-13-24)33(44)39-14-3-4-15-39/h1-2,5-11,18-19,24,27,31H,3-4,12-17,20H2,(H,38,43). The Labute approximate surface area is 286 Å². The Morgan fingerprint density at radius 1 is 0.933 bits per heavy atom. The first-order valence-electron chi connectivity index (χ1n) is 15.4. The molecule has 45 heavy (non-hydrogen) atoms. The van der Waals surface area contributed by atoms with Gasteiger partial charge in [0.25, 0.3) is 0 Å². The fraction of sp³-hybridized carbons (Fsp3) is 0.382. The van der Waals surface area contributed by atoms with E-state index in [4.69, 9.17) is 28.1 Å². The molecule has 4 amide bonds. The van der Waals surface area contributed by atoms with Crippen LogP contribution in [0.25, 0.3) is 0 Å². The Bertz CT molecular complexity index is 1660. The van der Waals surface area contributed by atoms with E-state index in [0.29, 0.717) is 48.0 Å². The quantitative estimate of drug-likeness (QED) is 0.227. The van der Waals surface area contributed by atoms with E-state index in [-0.39, 0.29) is 30.4 Å². The molecule has 3 unspecified atom stereocenters. The lowest BCUT2D eigenvalue weighted by molar-refractivity contribution is -0.138. The van der Waals surface area contributed by atoms with Gasteiger partial charge in [-0.25, -0.2) is 9.21 Å². The van der Waals surface area contributed by atoms with Gasteiger partial charge in [0.2, 0.25) is 11.8 Å². The number of para-hydroxylation sites is 1. The zero-order chi connectivity index (χ0) is 31.3. The van der Waals surface area contributed by atoms with Crippen molar-refractivity contribution < 1.29 is 19.1 Å². The number of rotatable bonds is 4. The largest absolute Gasteiger partial charge is 0.490 e. The van der Waals surface area contributed by atoms with Gasteiger partial charge >= 0.3 is 6.03 Å². The second-order valence-electron chi connectivity index (χ2n) is 12.3. The normalized spacial score (nSPS) is 25.1. The zero-order valence-corrected chi connectivity index (χ0v) is 28.2. The SMILES string of the molecule is O=C(N1CCCC1)N1CCC(Oc2ccc(I)cc2C2N(Cl)C(=O)CC(c3cccc(Cl)c3)C23C(=O)Nc2ccccc23)CC1. The molecular weight excluding hydrogens is 726 g/mol. The number of likely N-dealkylation sites (tertiary alicyclic amines) is 2. The van der Waals surface area contributed by atoms with Crippen molar-refractivity contribution in [3.63, 3.8) is 0 Å². The topological polar surface area (TPSA) is 82.2 Å². The molecule has 0 saturated carbocycles. The average Bonchev–Trinajstić information content (AvgIpc) is 3.68. The second kappa shape index (κ2) is 12.3. The maximum atomic E-state index is 14.5. The molecule has 3 saturated heterocycles. The van der Waals surface area contributed by atoms with Crippen LogP contribution in [0.5, 0.6) is 5.75 Å². The summed E-state index contributed by atoms with van der Waals surface area (Å²) in [4.78, 5) is 45.1. The van der Waals surface area contributed by atoms with Crippen LogP contribution in [-0.2, 0) is 15.0 Å². The monoisotopic (exact) mass is 758 g/mol. The summed E-state index contributed by atoms with van der Waals surface area (Å²) >= 11 is 15.7. The highest BCUT2D eigenvalue weighted by atomic mass is 127. The van der Waals surface area contributed by atoms with E-state index in [1.54, 1.807) is 6.07 Å². The molecule has 7 rings (SSSR count). The van der Waals surface area contributed by atoms with Crippen molar-refractivity contribution in [2.75, 3.05) is 31.5 Å². The van der Waals surface area contributed by atoms with E-state index in [1.165, 1.54) is 4.42 Å². The van der Waals surface area contributed by atoms with Gasteiger partial charge in [0.1, 0.15) is 17.3 Å². The summed E-state index contributed by atoms with van der Waals surface area (Å²) in [5.74, 6) is -0.479. The minimum Gasteiger partial charge on any atom is -0.490 e. The zero-order valence-electron chi connectivity index (χ0n) is 24.6. The van der Waals surface area contributed by atoms with E-state index in [9.17, 15) is 14.4 Å². The van der Waals surface area contributed by atoms with Crippen LogP contribution in [0.15, 0.2) is 66.7 Å². The summed E-state index contributed by atoms with van der Waals surface area (Å²) in [6.45, 7) is 2.87. The molecule has 1 spiro atoms. The Morgan fingerprint density at radius 3 is 2.42 bits per heavy atom. The van der Waals surface area contributed by atoms with Crippen molar-refractivity contribution in [1.29, 1.82) is 0 Å². The highest BCUT2D eigenvalue weighted by molar-refractivity contribution is 14.1. The molecule has 11 heteroatoms. The third-order valence-corrected chi connectivity index (χ3v) is 11.0. The molecule has 3 fully saturated rings. The summed E-state index contributed by atoms with van der Waals surface area (Å²) in [6, 6.07) is 20.1. The number of halogens is 3. The highest BCUT2D eigenvalue weighted by Crippen LogP contribution is 2.61. The number of urea groups is 1. The minimum atomic E-state index is -1.26. The first kappa shape index (κ1) is 30.6. The van der Waals surface area contributed by atoms with Crippen LogP contribution >= 0.6 is 46.0 Å². The fourth-order valence-electron chi connectivity index (χ4n) is 7.62. The lowest BCUT2D eigenvalue weighted by Gasteiger charge is -2.49. The minimum absolute atomic E-state index is 0.0335. The molecule has 3 aromatic rings. The van der Waals surface area contributed by atoms with Crippen molar-refractivity contribution in [3.8, 4) is 5.75 Å². The Balaban J connectivity index is 1.29. The van der Waals surface area contributed by atoms with Gasteiger partial charge < -0.3 is 19.9 Å². The molecule has 8 nitrogen and oxygen atoms in total. The molecule has 1 N–H and O–H groups in total. The van der Waals surface area contributed by atoms with Crippen LogP contribution in [0.4, 0.5) is 10.5 Å². The van der Waals surface area contributed by atoms with Gasteiger partial charge in [-0.1, -0.05) is 41.9 Å². The van der Waals surface area contributed by atoms with Crippen molar-refractivity contribution in [3.05, 3.63) is 92.0 Å². The average molecular weight is 759 g/mol. The van der Waals surface area contributed by atoms with Gasteiger partial charge in [-0.05, 0) is 83.0 Å². The number of hydrogen-bond acceptors (Lipinski definition) is 4. The number of amides is 4. The first-order chi connectivity index (χ1) is 21.8. The smallest absolute Gasteiger partial charge is 0.320 e. The molecule has 0 radical (unpaired) electrons. The number of fused-ring (bicyclic) bond motifs is 2. The maximum Gasteiger partial charge on any atom is 0.320 e. The number of carbonyl (C=O) groups is 3. The number of piperidine rings is 2. The number of ether oxygens (including phenoxy) is 1.